The number of piperazine rings is 1. The minimum absolute atomic E-state index is 0. The largest absolute Gasteiger partial charge is 0.489 e. The Labute approximate surface area is 170 Å². The molecule has 1 aromatic carbocycles. The van der Waals surface area contributed by atoms with E-state index in [2.05, 4.69) is 32.8 Å². The molecular weight excluding hydrogens is 381 g/mol. The van der Waals surface area contributed by atoms with Gasteiger partial charge in [-0.05, 0) is 38.0 Å². The summed E-state index contributed by atoms with van der Waals surface area (Å²) in [6, 6.07) is 10.1. The zero-order valence-electron chi connectivity index (χ0n) is 15.7. The lowest BCUT2D eigenvalue weighted by molar-refractivity contribution is 0.0286. The van der Waals surface area contributed by atoms with Gasteiger partial charge in [-0.1, -0.05) is 6.07 Å². The summed E-state index contributed by atoms with van der Waals surface area (Å²) in [4.78, 5) is 12.9. The van der Waals surface area contributed by atoms with Crippen molar-refractivity contribution in [2.45, 2.75) is 38.0 Å². The number of ether oxygens (including phenoxy) is 1. The van der Waals surface area contributed by atoms with Crippen LogP contribution in [0.3, 0.4) is 0 Å². The van der Waals surface area contributed by atoms with Crippen molar-refractivity contribution in [1.82, 2.24) is 14.9 Å². The van der Waals surface area contributed by atoms with E-state index < -0.39 is 5.82 Å². The zero-order valence-corrected chi connectivity index (χ0v) is 16.5. The summed E-state index contributed by atoms with van der Waals surface area (Å²) in [5, 5.41) is 9.04. The van der Waals surface area contributed by atoms with Crippen molar-refractivity contribution in [3.8, 4) is 11.8 Å². The summed E-state index contributed by atoms with van der Waals surface area (Å²) in [6.45, 7) is 4.75. The highest BCUT2D eigenvalue weighted by Crippen LogP contribution is 2.30. The number of halogens is 2. The maximum atomic E-state index is 13.1. The summed E-state index contributed by atoms with van der Waals surface area (Å²) in [7, 11) is 0. The third-order valence-electron chi connectivity index (χ3n) is 5.50. The van der Waals surface area contributed by atoms with Crippen molar-refractivity contribution in [3.05, 3.63) is 48.0 Å². The fraction of sp³-hybridized carbons (Fsp3) is 0.450. The fourth-order valence-electron chi connectivity index (χ4n) is 4.14. The molecule has 0 aliphatic carbocycles. The van der Waals surface area contributed by atoms with E-state index >= 15 is 0 Å². The molecule has 28 heavy (non-hydrogen) atoms. The van der Waals surface area contributed by atoms with Crippen molar-refractivity contribution < 1.29 is 9.13 Å². The molecule has 1 unspecified atom stereocenters. The van der Waals surface area contributed by atoms with Crippen LogP contribution >= 0.6 is 12.4 Å². The average Bonchev–Trinajstić information content (AvgIpc) is 2.69. The summed E-state index contributed by atoms with van der Waals surface area (Å²) in [6.07, 6.45) is 4.54. The molecule has 0 N–H and O–H groups in total. The van der Waals surface area contributed by atoms with E-state index in [1.807, 2.05) is 12.1 Å². The van der Waals surface area contributed by atoms with Crippen molar-refractivity contribution in [2.75, 3.05) is 24.5 Å². The van der Waals surface area contributed by atoms with Crippen LogP contribution in [-0.2, 0) is 0 Å². The molecule has 8 heteroatoms. The van der Waals surface area contributed by atoms with Gasteiger partial charge >= 0.3 is 0 Å². The molecule has 4 rings (SSSR count). The number of rotatable bonds is 3. The second kappa shape index (κ2) is 8.72. The average molecular weight is 404 g/mol. The number of hydrogen-bond acceptors (Lipinski definition) is 6. The number of nitriles is 1. The van der Waals surface area contributed by atoms with Crippen molar-refractivity contribution in [2.24, 2.45) is 0 Å². The highest BCUT2D eigenvalue weighted by molar-refractivity contribution is 5.85. The van der Waals surface area contributed by atoms with E-state index in [0.717, 1.165) is 38.2 Å². The van der Waals surface area contributed by atoms with Crippen LogP contribution in [0.5, 0.6) is 5.75 Å². The first kappa shape index (κ1) is 20.3. The van der Waals surface area contributed by atoms with Crippen LogP contribution in [0.25, 0.3) is 0 Å². The van der Waals surface area contributed by atoms with Gasteiger partial charge in [0.2, 0.25) is 5.95 Å². The minimum Gasteiger partial charge on any atom is -0.489 e. The molecule has 2 aliphatic rings. The van der Waals surface area contributed by atoms with E-state index in [0.29, 0.717) is 17.6 Å². The van der Waals surface area contributed by atoms with Gasteiger partial charge in [0.05, 0.1) is 24.0 Å². The zero-order chi connectivity index (χ0) is 18.8. The molecule has 0 radical (unpaired) electrons. The van der Waals surface area contributed by atoms with Gasteiger partial charge in [0.25, 0.3) is 0 Å². The van der Waals surface area contributed by atoms with Crippen LogP contribution in [0.15, 0.2) is 36.7 Å². The normalized spacial score (nSPS) is 24.6. The summed E-state index contributed by atoms with van der Waals surface area (Å²) >= 11 is 0. The Morgan fingerprint density at radius 3 is 2.75 bits per heavy atom. The third-order valence-corrected chi connectivity index (χ3v) is 5.50. The lowest BCUT2D eigenvalue weighted by atomic mass is 9.92. The Morgan fingerprint density at radius 2 is 2.00 bits per heavy atom. The highest BCUT2D eigenvalue weighted by Gasteiger charge is 2.39. The first-order valence-electron chi connectivity index (χ1n) is 9.29. The summed E-state index contributed by atoms with van der Waals surface area (Å²) in [5.41, 5.74) is 0.614. The van der Waals surface area contributed by atoms with Crippen molar-refractivity contribution in [3.63, 3.8) is 0 Å². The fourth-order valence-corrected chi connectivity index (χ4v) is 4.14. The van der Waals surface area contributed by atoms with Crippen molar-refractivity contribution in [1.29, 1.82) is 5.26 Å². The van der Waals surface area contributed by atoms with Crippen LogP contribution in [0.4, 0.5) is 10.3 Å². The monoisotopic (exact) mass is 403 g/mol. The lowest BCUT2D eigenvalue weighted by Gasteiger charge is -2.50. The molecule has 148 valence electrons. The number of nitrogens with zero attached hydrogens (tertiary/aromatic N) is 5. The van der Waals surface area contributed by atoms with Crippen LogP contribution in [0.1, 0.15) is 25.3 Å². The van der Waals surface area contributed by atoms with Gasteiger partial charge in [-0.25, -0.2) is 14.4 Å². The Hall–Kier alpha value is -2.43. The Bertz CT molecular complexity index is 843. The molecule has 2 fully saturated rings. The topological polar surface area (TPSA) is 65.3 Å². The molecule has 3 atom stereocenters. The quantitative estimate of drug-likeness (QED) is 0.784. The SMILES string of the molecule is CC1[C@@H]2CC[C@H](Oc3cccc(C#N)c3)CN2CCN1c1ncc(F)cn1.Cl. The van der Waals surface area contributed by atoms with Crippen LogP contribution in [0, 0.1) is 17.1 Å². The number of benzene rings is 1. The lowest BCUT2D eigenvalue weighted by Crippen LogP contribution is -2.62. The maximum Gasteiger partial charge on any atom is 0.225 e. The number of aromatic nitrogens is 2. The van der Waals surface area contributed by atoms with Crippen LogP contribution < -0.4 is 9.64 Å². The number of hydrogen-bond donors (Lipinski definition) is 0. The molecule has 3 heterocycles. The third kappa shape index (κ3) is 4.18. The van der Waals surface area contributed by atoms with E-state index in [9.17, 15) is 4.39 Å². The first-order chi connectivity index (χ1) is 13.1. The van der Waals surface area contributed by atoms with E-state index in [-0.39, 0.29) is 24.6 Å². The predicted octanol–water partition coefficient (Wildman–Crippen LogP) is 3.03. The van der Waals surface area contributed by atoms with Gasteiger partial charge in [-0.2, -0.15) is 5.26 Å². The first-order valence-corrected chi connectivity index (χ1v) is 9.29. The van der Waals surface area contributed by atoms with Crippen LogP contribution in [-0.4, -0.2) is 52.7 Å². The number of fused-ring (bicyclic) bond motifs is 1. The molecule has 6 nitrogen and oxygen atoms in total. The maximum absolute atomic E-state index is 13.1. The Morgan fingerprint density at radius 1 is 1.21 bits per heavy atom. The Kier molecular flexibility index (Phi) is 6.32. The molecule has 2 aliphatic heterocycles. The molecule has 2 saturated heterocycles. The van der Waals surface area contributed by atoms with E-state index in [4.69, 9.17) is 10.00 Å². The molecule has 2 aromatic rings. The van der Waals surface area contributed by atoms with Gasteiger partial charge < -0.3 is 9.64 Å². The smallest absolute Gasteiger partial charge is 0.225 e. The summed E-state index contributed by atoms with van der Waals surface area (Å²) in [5.74, 6) is 0.933. The second-order valence-corrected chi connectivity index (χ2v) is 7.15. The standard InChI is InChI=1S/C20H22FN5O.ClH/c1-14-19-6-5-18(27-17-4-2-3-15(9-17)10-22)13-25(19)7-8-26(14)20-23-11-16(21)12-24-20;/h2-4,9,11-12,14,18-19H,5-8,13H2,1H3;1H/t14?,18-,19-;/m0./s1. The van der Waals surface area contributed by atoms with Gasteiger partial charge in [-0.3, -0.25) is 4.90 Å². The van der Waals surface area contributed by atoms with Gasteiger partial charge in [-0.15, -0.1) is 12.4 Å². The Balaban J connectivity index is 0.00000225. The van der Waals surface area contributed by atoms with Gasteiger partial charge in [0.15, 0.2) is 5.82 Å². The van der Waals surface area contributed by atoms with Gasteiger partial charge in [0, 0.05) is 31.7 Å². The van der Waals surface area contributed by atoms with E-state index in [1.54, 1.807) is 12.1 Å². The van der Waals surface area contributed by atoms with Gasteiger partial charge in [0.1, 0.15) is 11.9 Å². The molecule has 0 saturated carbocycles. The highest BCUT2D eigenvalue weighted by atomic mass is 35.5. The molecule has 1 aromatic heterocycles. The number of anilines is 1. The van der Waals surface area contributed by atoms with E-state index in [1.165, 1.54) is 12.4 Å². The number of piperidine rings is 1. The molecular formula is C20H23ClFN5O. The predicted molar refractivity (Wildman–Crippen MR) is 106 cm³/mol. The molecule has 0 spiro atoms. The van der Waals surface area contributed by atoms with Crippen molar-refractivity contribution >= 4 is 18.4 Å². The minimum atomic E-state index is -0.414. The van der Waals surface area contributed by atoms with Crippen LogP contribution in [0.2, 0.25) is 0 Å². The molecule has 0 amide bonds. The molecule has 0 bridgehead atoms. The summed E-state index contributed by atoms with van der Waals surface area (Å²) < 4.78 is 19.2. The second-order valence-electron chi connectivity index (χ2n) is 7.15.